The number of nitrogens with zero attached hydrogens (tertiary/aromatic N) is 1. The van der Waals surface area contributed by atoms with E-state index in [9.17, 15) is 14.2 Å². The summed E-state index contributed by atoms with van der Waals surface area (Å²) in [7, 11) is -3.98. The minimum absolute atomic E-state index is 0.0258. The van der Waals surface area contributed by atoms with Crippen molar-refractivity contribution >= 4 is 19.5 Å². The highest BCUT2D eigenvalue weighted by Crippen LogP contribution is 2.46. The summed E-state index contributed by atoms with van der Waals surface area (Å²) in [5.74, 6) is -0.127. The van der Waals surface area contributed by atoms with Gasteiger partial charge in [-0.25, -0.2) is 4.57 Å². The minimum Gasteiger partial charge on any atom is -0.460 e. The quantitative estimate of drug-likeness (QED) is 0.429. The summed E-state index contributed by atoms with van der Waals surface area (Å²) < 4.78 is 30.2. The van der Waals surface area contributed by atoms with Crippen LogP contribution in [0.2, 0.25) is 0 Å². The van der Waals surface area contributed by atoms with E-state index >= 15 is 0 Å². The number of hydrogen-bond acceptors (Lipinski definition) is 7. The number of carbonyl (C=O) groups excluding carboxylic acids is 2. The molecule has 2 aliphatic rings. The number of ketones is 1. The summed E-state index contributed by atoms with van der Waals surface area (Å²) in [5, 5.41) is 2.67. The zero-order valence-corrected chi connectivity index (χ0v) is 18.8. The highest BCUT2D eigenvalue weighted by Gasteiger charge is 2.46. The van der Waals surface area contributed by atoms with Crippen molar-refractivity contribution in [2.75, 3.05) is 19.7 Å². The lowest BCUT2D eigenvalue weighted by molar-refractivity contribution is -0.146. The molecule has 4 rings (SSSR count). The number of hydrogen-bond donors (Lipinski definition) is 1. The Bertz CT molecular complexity index is 986. The van der Waals surface area contributed by atoms with Gasteiger partial charge in [0.15, 0.2) is 5.78 Å². The first-order valence-electron chi connectivity index (χ1n) is 10.7. The second-order valence-corrected chi connectivity index (χ2v) is 9.73. The maximum absolute atomic E-state index is 13.5. The van der Waals surface area contributed by atoms with E-state index in [0.717, 1.165) is 18.5 Å². The van der Waals surface area contributed by atoms with Crippen molar-refractivity contribution < 1.29 is 27.9 Å². The molecule has 8 nitrogen and oxygen atoms in total. The van der Waals surface area contributed by atoms with Crippen molar-refractivity contribution in [3.63, 3.8) is 0 Å². The molecule has 1 N–H and O–H groups in total. The van der Waals surface area contributed by atoms with E-state index in [2.05, 4.69) is 5.09 Å². The summed E-state index contributed by atoms with van der Waals surface area (Å²) in [6.07, 6.45) is 0.857. The van der Waals surface area contributed by atoms with Crippen LogP contribution < -0.4 is 9.61 Å². The molecular formula is C23H27N2O6P. The van der Waals surface area contributed by atoms with Gasteiger partial charge in [0.05, 0.1) is 12.6 Å². The van der Waals surface area contributed by atoms with E-state index in [1.807, 2.05) is 35.2 Å². The number of esters is 1. The highest BCUT2D eigenvalue weighted by molar-refractivity contribution is 7.52. The molecule has 2 aliphatic heterocycles. The summed E-state index contributed by atoms with van der Waals surface area (Å²) in [4.78, 5) is 27.0. The molecule has 0 aromatic heterocycles. The smallest absolute Gasteiger partial charge is 0.459 e. The fraction of sp³-hybridized carbons (Fsp3) is 0.391. The maximum Gasteiger partial charge on any atom is 0.459 e. The van der Waals surface area contributed by atoms with Gasteiger partial charge in [-0.2, -0.15) is 5.09 Å². The van der Waals surface area contributed by atoms with Crippen molar-refractivity contribution in [2.45, 2.75) is 32.0 Å². The number of fused-ring (bicyclic) bond motifs is 2. The Morgan fingerprint density at radius 1 is 1.16 bits per heavy atom. The average molecular weight is 458 g/mol. The Morgan fingerprint density at radius 2 is 1.84 bits per heavy atom. The number of rotatable bonds is 10. The number of para-hydroxylation sites is 1. The molecule has 2 aromatic rings. The lowest BCUT2D eigenvalue weighted by atomic mass is 9.99. The second-order valence-electron chi connectivity index (χ2n) is 8.04. The van der Waals surface area contributed by atoms with Crippen molar-refractivity contribution in [2.24, 2.45) is 5.92 Å². The Morgan fingerprint density at radius 3 is 2.50 bits per heavy atom. The summed E-state index contributed by atoms with van der Waals surface area (Å²) in [6, 6.07) is 16.4. The van der Waals surface area contributed by atoms with Gasteiger partial charge in [0.25, 0.3) is 0 Å². The molecule has 5 atom stereocenters. The van der Waals surface area contributed by atoms with Gasteiger partial charge in [-0.3, -0.25) is 19.0 Å². The molecule has 2 aromatic carbocycles. The Hall–Kier alpha value is -2.51. The zero-order valence-electron chi connectivity index (χ0n) is 17.9. The molecule has 2 fully saturated rings. The minimum atomic E-state index is -3.98. The number of ether oxygens (including phenoxy) is 1. The molecule has 0 radical (unpaired) electrons. The van der Waals surface area contributed by atoms with Gasteiger partial charge in [-0.1, -0.05) is 48.5 Å². The first-order valence-corrected chi connectivity index (χ1v) is 12.2. The van der Waals surface area contributed by atoms with Crippen LogP contribution in [0, 0.1) is 5.92 Å². The van der Waals surface area contributed by atoms with E-state index in [1.54, 1.807) is 30.3 Å². The molecule has 2 saturated heterocycles. The van der Waals surface area contributed by atoms with Gasteiger partial charge in [-0.05, 0) is 37.6 Å². The third kappa shape index (κ3) is 5.45. The van der Waals surface area contributed by atoms with Gasteiger partial charge in [0.2, 0.25) is 0 Å². The van der Waals surface area contributed by atoms with Crippen LogP contribution in [-0.4, -0.2) is 48.4 Å². The molecule has 32 heavy (non-hydrogen) atoms. The molecule has 9 heteroatoms. The van der Waals surface area contributed by atoms with Crippen LogP contribution in [0.3, 0.4) is 0 Å². The van der Waals surface area contributed by atoms with Crippen molar-refractivity contribution in [3.8, 4) is 5.75 Å². The van der Waals surface area contributed by atoms with E-state index in [0.29, 0.717) is 12.3 Å². The fourth-order valence-electron chi connectivity index (χ4n) is 3.96. The number of piperidine rings is 1. The van der Waals surface area contributed by atoms with Crippen LogP contribution in [0.4, 0.5) is 0 Å². The van der Waals surface area contributed by atoms with E-state index in [1.165, 1.54) is 6.92 Å². The topological polar surface area (TPSA) is 94.2 Å². The van der Waals surface area contributed by atoms with Crippen molar-refractivity contribution in [3.05, 3.63) is 66.2 Å². The van der Waals surface area contributed by atoms with Gasteiger partial charge >= 0.3 is 13.7 Å². The van der Waals surface area contributed by atoms with Crippen LogP contribution in [-0.2, 0) is 30.0 Å². The van der Waals surface area contributed by atoms with E-state index < -0.39 is 25.8 Å². The third-order valence-electron chi connectivity index (χ3n) is 5.69. The van der Waals surface area contributed by atoms with Crippen LogP contribution in [0.15, 0.2) is 60.7 Å². The normalized spacial score (nSPS) is 24.7. The fourth-order valence-corrected chi connectivity index (χ4v) is 5.46. The first-order chi connectivity index (χ1) is 15.4. The molecule has 0 aliphatic carbocycles. The summed E-state index contributed by atoms with van der Waals surface area (Å²) in [6.45, 7) is 3.10. The maximum atomic E-state index is 13.5. The largest absolute Gasteiger partial charge is 0.460 e. The molecule has 0 saturated carbocycles. The summed E-state index contributed by atoms with van der Waals surface area (Å²) in [5.41, 5.74) is 0.844. The molecule has 2 unspecified atom stereocenters. The molecular weight excluding hydrogens is 431 g/mol. The molecule has 0 amide bonds. The first kappa shape index (κ1) is 22.7. The van der Waals surface area contributed by atoms with Gasteiger partial charge in [-0.15, -0.1) is 0 Å². The Balaban J connectivity index is 1.40. The predicted molar refractivity (Wildman–Crippen MR) is 118 cm³/mol. The van der Waals surface area contributed by atoms with Crippen LogP contribution in [0.5, 0.6) is 5.75 Å². The van der Waals surface area contributed by atoms with Gasteiger partial charge in [0.1, 0.15) is 18.4 Å². The summed E-state index contributed by atoms with van der Waals surface area (Å²) >= 11 is 0. The van der Waals surface area contributed by atoms with Crippen LogP contribution >= 0.6 is 7.75 Å². The van der Waals surface area contributed by atoms with E-state index in [4.69, 9.17) is 13.8 Å². The van der Waals surface area contributed by atoms with E-state index in [-0.39, 0.29) is 24.9 Å². The second kappa shape index (κ2) is 9.96. The highest BCUT2D eigenvalue weighted by atomic mass is 31.2. The van der Waals surface area contributed by atoms with Gasteiger partial charge in [0, 0.05) is 12.5 Å². The molecule has 170 valence electrons. The van der Waals surface area contributed by atoms with Gasteiger partial charge < -0.3 is 9.26 Å². The number of Topliss-reactive ketones (excluding diaryl/α,β-unsaturated/α-hetero) is 1. The SMILES string of the molecule is C[C@H](NP(=O)(OC[C@@H]1C(=O)[C@@H]2CCN1C2)Oc1ccccc1)C(=O)OCc1ccccc1. The number of nitrogens with one attached hydrogen (secondary N) is 1. The number of carbonyl (C=O) groups is 2. The standard InChI is InChI=1S/C23H27N2O6P/c1-17(23(27)29-15-18-8-4-2-5-9-18)24-32(28,31-20-10-6-3-7-11-20)30-16-21-22(26)19-12-13-25(21)14-19/h2-11,17,19,21H,12-16H2,1H3,(H,24,28)/t17-,19+,21+,32?/m0/s1. The lowest BCUT2D eigenvalue weighted by Gasteiger charge is -2.27. The zero-order chi connectivity index (χ0) is 22.6. The third-order valence-corrected chi connectivity index (χ3v) is 7.34. The Labute approximate surface area is 187 Å². The average Bonchev–Trinajstić information content (AvgIpc) is 3.39. The van der Waals surface area contributed by atoms with Crippen molar-refractivity contribution in [1.29, 1.82) is 0 Å². The van der Waals surface area contributed by atoms with Crippen LogP contribution in [0.25, 0.3) is 0 Å². The monoisotopic (exact) mass is 458 g/mol. The molecule has 2 heterocycles. The van der Waals surface area contributed by atoms with Crippen molar-refractivity contribution in [1.82, 2.24) is 9.99 Å². The molecule has 2 bridgehead atoms. The Kier molecular flexibility index (Phi) is 7.06. The van der Waals surface area contributed by atoms with Crippen LogP contribution in [0.1, 0.15) is 18.9 Å². The predicted octanol–water partition coefficient (Wildman–Crippen LogP) is 3.18. The number of benzene rings is 2. The molecule has 0 spiro atoms. The lowest BCUT2D eigenvalue weighted by Crippen LogP contribution is -2.41.